The predicted molar refractivity (Wildman–Crippen MR) is 146 cm³/mol. The molecule has 0 amide bonds. The fourth-order valence-corrected chi connectivity index (χ4v) is 5.48. The van der Waals surface area contributed by atoms with Crippen LogP contribution in [0, 0.1) is 20.8 Å². The largest absolute Gasteiger partial charge is 0.465 e. The van der Waals surface area contributed by atoms with E-state index in [1.54, 1.807) is 6.07 Å². The molecule has 0 aliphatic carbocycles. The highest BCUT2D eigenvalue weighted by atomic mass is 32.1. The number of rotatable bonds is 5. The number of carbonyl (C=O) groups is 1. The summed E-state index contributed by atoms with van der Waals surface area (Å²) in [6, 6.07) is 23.7. The highest BCUT2D eigenvalue weighted by molar-refractivity contribution is 7.80. The summed E-state index contributed by atoms with van der Waals surface area (Å²) in [6.45, 7) is 6.22. The topological polar surface area (TPSA) is 59.4 Å². The third-order valence-corrected chi connectivity index (χ3v) is 7.03. The number of nitrogens with one attached hydrogen (secondary N) is 1. The third kappa shape index (κ3) is 4.05. The van der Waals surface area contributed by atoms with Crippen molar-refractivity contribution >= 4 is 29.0 Å². The fourth-order valence-electron chi connectivity index (χ4n) is 5.14. The molecule has 2 aromatic carbocycles. The number of aromatic nitrogens is 2. The van der Waals surface area contributed by atoms with E-state index < -0.39 is 0 Å². The molecule has 1 saturated heterocycles. The Morgan fingerprint density at radius 3 is 2.50 bits per heavy atom. The van der Waals surface area contributed by atoms with Gasteiger partial charge in [0, 0.05) is 23.3 Å². The lowest BCUT2D eigenvalue weighted by molar-refractivity contribution is 0.0600. The molecule has 1 fully saturated rings. The lowest BCUT2D eigenvalue weighted by atomic mass is 9.96. The zero-order valence-corrected chi connectivity index (χ0v) is 21.5. The van der Waals surface area contributed by atoms with E-state index >= 15 is 0 Å². The van der Waals surface area contributed by atoms with Crippen LogP contribution in [0.3, 0.4) is 0 Å². The van der Waals surface area contributed by atoms with Gasteiger partial charge in [0.1, 0.15) is 0 Å². The van der Waals surface area contributed by atoms with Crippen molar-refractivity contribution in [2.75, 3.05) is 12.0 Å². The summed E-state index contributed by atoms with van der Waals surface area (Å²) in [6.07, 6.45) is 1.81. The monoisotopic (exact) mass is 496 g/mol. The average molecular weight is 497 g/mol. The van der Waals surface area contributed by atoms with Gasteiger partial charge in [-0.3, -0.25) is 4.98 Å². The Labute approximate surface area is 216 Å². The Kier molecular flexibility index (Phi) is 6.33. The van der Waals surface area contributed by atoms with E-state index in [4.69, 9.17) is 17.0 Å². The molecule has 7 heteroatoms. The number of carbonyl (C=O) groups excluding carboxylic acids is 1. The summed E-state index contributed by atoms with van der Waals surface area (Å²) in [7, 11) is 1.41. The molecular formula is C29H28N4O2S. The number of nitrogens with zero attached hydrogens (tertiary/aromatic N) is 3. The first-order valence-corrected chi connectivity index (χ1v) is 12.3. The summed E-state index contributed by atoms with van der Waals surface area (Å²) in [5.41, 5.74) is 7.56. The van der Waals surface area contributed by atoms with E-state index in [-0.39, 0.29) is 18.1 Å². The van der Waals surface area contributed by atoms with Gasteiger partial charge in [0.15, 0.2) is 5.11 Å². The summed E-state index contributed by atoms with van der Waals surface area (Å²) < 4.78 is 7.18. The fraction of sp³-hybridized carbons (Fsp3) is 0.207. The Morgan fingerprint density at radius 2 is 1.78 bits per heavy atom. The number of hydrogen-bond donors (Lipinski definition) is 1. The number of aryl methyl sites for hydroxylation is 2. The van der Waals surface area contributed by atoms with E-state index in [0.717, 1.165) is 39.6 Å². The Bertz CT molecular complexity index is 1450. The van der Waals surface area contributed by atoms with Gasteiger partial charge in [0.25, 0.3) is 0 Å². The number of ether oxygens (including phenoxy) is 1. The van der Waals surface area contributed by atoms with Gasteiger partial charge < -0.3 is 19.5 Å². The van der Waals surface area contributed by atoms with Crippen LogP contribution >= 0.6 is 12.2 Å². The van der Waals surface area contributed by atoms with Crippen molar-refractivity contribution < 1.29 is 9.53 Å². The summed E-state index contributed by atoms with van der Waals surface area (Å²) in [5, 5.41) is 4.19. The Balaban J connectivity index is 1.70. The number of para-hydroxylation sites is 1. The minimum Gasteiger partial charge on any atom is -0.465 e. The van der Waals surface area contributed by atoms with Crippen LogP contribution in [-0.4, -0.2) is 27.7 Å². The number of methoxy groups -OCH3 is 1. The molecule has 3 heterocycles. The Morgan fingerprint density at radius 1 is 1.00 bits per heavy atom. The maximum absolute atomic E-state index is 12.6. The molecule has 182 valence electrons. The van der Waals surface area contributed by atoms with Crippen LogP contribution in [0.25, 0.3) is 5.69 Å². The van der Waals surface area contributed by atoms with E-state index in [0.29, 0.717) is 10.7 Å². The number of esters is 1. The molecule has 36 heavy (non-hydrogen) atoms. The first kappa shape index (κ1) is 23.8. The Hall–Kier alpha value is -3.97. The highest BCUT2D eigenvalue weighted by Crippen LogP contribution is 2.44. The first-order valence-electron chi connectivity index (χ1n) is 11.8. The normalized spacial score (nSPS) is 17.2. The van der Waals surface area contributed by atoms with E-state index in [1.807, 2.05) is 48.7 Å². The zero-order valence-electron chi connectivity index (χ0n) is 20.7. The van der Waals surface area contributed by atoms with Gasteiger partial charge in [-0.2, -0.15) is 0 Å². The molecule has 0 saturated carbocycles. The molecule has 2 aromatic heterocycles. The van der Waals surface area contributed by atoms with E-state index in [1.165, 1.54) is 7.11 Å². The van der Waals surface area contributed by atoms with Crippen molar-refractivity contribution in [3.8, 4) is 5.69 Å². The second kappa shape index (κ2) is 9.59. The van der Waals surface area contributed by atoms with Gasteiger partial charge in [0.05, 0.1) is 36.1 Å². The molecule has 0 spiro atoms. The molecule has 1 N–H and O–H groups in total. The maximum atomic E-state index is 12.6. The maximum Gasteiger partial charge on any atom is 0.339 e. The molecule has 0 bridgehead atoms. The van der Waals surface area contributed by atoms with Gasteiger partial charge in [-0.1, -0.05) is 30.3 Å². The molecule has 1 aliphatic heterocycles. The number of anilines is 1. The number of hydrogen-bond acceptors (Lipinski definition) is 4. The van der Waals surface area contributed by atoms with Crippen LogP contribution in [0.1, 0.15) is 50.7 Å². The van der Waals surface area contributed by atoms with Crippen molar-refractivity contribution in [3.05, 3.63) is 113 Å². The summed E-state index contributed by atoms with van der Waals surface area (Å²) in [4.78, 5) is 19.4. The van der Waals surface area contributed by atoms with Crippen LogP contribution in [0.4, 0.5) is 5.69 Å². The van der Waals surface area contributed by atoms with Crippen LogP contribution in [0.2, 0.25) is 0 Å². The molecule has 4 aromatic rings. The van der Waals surface area contributed by atoms with Crippen LogP contribution in [-0.2, 0) is 4.74 Å². The van der Waals surface area contributed by atoms with Crippen molar-refractivity contribution in [2.45, 2.75) is 32.9 Å². The molecule has 5 rings (SSSR count). The molecule has 0 radical (unpaired) electrons. The van der Waals surface area contributed by atoms with Crippen molar-refractivity contribution in [1.29, 1.82) is 0 Å². The first-order chi connectivity index (χ1) is 17.4. The standard InChI is InChI=1S/C29H28N4O2S/c1-18-10-9-11-21(16-18)33-27(26(31-29(33)36)24-13-7-8-15-30-24)23-17-19(2)32(20(23)3)25-14-6-5-12-22(25)28(34)35-4/h5-17,26-27H,1-4H3,(H,31,36)/t26-,27-/m1/s1. The SMILES string of the molecule is COC(=O)c1ccccc1-n1c(C)cc([C@@H]2[C@@H](c3ccccn3)NC(=S)N2c2cccc(C)c2)c1C. The van der Waals surface area contributed by atoms with Crippen LogP contribution in [0.5, 0.6) is 0 Å². The average Bonchev–Trinajstić information content (AvgIpc) is 3.39. The van der Waals surface area contributed by atoms with Crippen LogP contribution < -0.4 is 10.2 Å². The summed E-state index contributed by atoms with van der Waals surface area (Å²) >= 11 is 5.89. The molecule has 0 unspecified atom stereocenters. The van der Waals surface area contributed by atoms with Crippen LogP contribution in [0.15, 0.2) is 79.0 Å². The summed E-state index contributed by atoms with van der Waals surface area (Å²) in [5.74, 6) is -0.365. The molecular weight excluding hydrogens is 468 g/mol. The second-order valence-corrected chi connectivity index (χ2v) is 9.39. The van der Waals surface area contributed by atoms with Gasteiger partial charge in [0.2, 0.25) is 0 Å². The third-order valence-electron chi connectivity index (χ3n) is 6.72. The predicted octanol–water partition coefficient (Wildman–Crippen LogP) is 5.76. The number of pyridine rings is 1. The number of thiocarbonyl (C=S) groups is 1. The lowest BCUT2D eigenvalue weighted by Crippen LogP contribution is -2.29. The van der Waals surface area contributed by atoms with Crippen molar-refractivity contribution in [3.63, 3.8) is 0 Å². The number of benzene rings is 2. The minimum atomic E-state index is -0.365. The van der Waals surface area contributed by atoms with Gasteiger partial charge in [-0.05, 0) is 86.6 Å². The smallest absolute Gasteiger partial charge is 0.339 e. The van der Waals surface area contributed by atoms with Gasteiger partial charge >= 0.3 is 5.97 Å². The van der Waals surface area contributed by atoms with Crippen molar-refractivity contribution in [1.82, 2.24) is 14.9 Å². The zero-order chi connectivity index (χ0) is 25.4. The van der Waals surface area contributed by atoms with E-state index in [9.17, 15) is 4.79 Å². The second-order valence-electron chi connectivity index (χ2n) is 9.01. The lowest BCUT2D eigenvalue weighted by Gasteiger charge is -2.28. The molecule has 1 aliphatic rings. The van der Waals surface area contributed by atoms with Gasteiger partial charge in [-0.25, -0.2) is 4.79 Å². The molecule has 6 nitrogen and oxygen atoms in total. The minimum absolute atomic E-state index is 0.139. The molecule has 2 atom stereocenters. The van der Waals surface area contributed by atoms with Crippen molar-refractivity contribution in [2.24, 2.45) is 0 Å². The van der Waals surface area contributed by atoms with Gasteiger partial charge in [-0.15, -0.1) is 0 Å². The highest BCUT2D eigenvalue weighted by Gasteiger charge is 2.42. The van der Waals surface area contributed by atoms with E-state index in [2.05, 4.69) is 64.8 Å². The quantitative estimate of drug-likeness (QED) is 0.280.